The van der Waals surface area contributed by atoms with Gasteiger partial charge in [0.05, 0.1) is 11.9 Å². The Hall–Kier alpha value is -2.34. The maximum Gasteiger partial charge on any atom is 0.251 e. The molecule has 25 heavy (non-hydrogen) atoms. The fraction of sp³-hybridized carbons (Fsp3) is 0.316. The van der Waals surface area contributed by atoms with E-state index < -0.39 is 10.0 Å². The van der Waals surface area contributed by atoms with Crippen LogP contribution >= 0.6 is 0 Å². The minimum atomic E-state index is -3.30. The Kier molecular flexibility index (Phi) is 6.20. The van der Waals surface area contributed by atoms with Crippen LogP contribution in [-0.2, 0) is 16.4 Å². The Bertz CT molecular complexity index is 813. The van der Waals surface area contributed by atoms with Crippen molar-refractivity contribution in [3.05, 3.63) is 65.2 Å². The van der Waals surface area contributed by atoms with Crippen molar-refractivity contribution in [2.75, 3.05) is 24.2 Å². The van der Waals surface area contributed by atoms with E-state index in [1.54, 1.807) is 24.3 Å². The van der Waals surface area contributed by atoms with Crippen molar-refractivity contribution in [3.63, 3.8) is 0 Å². The van der Waals surface area contributed by atoms with Crippen LogP contribution in [0.25, 0.3) is 0 Å². The molecule has 0 unspecified atom stereocenters. The van der Waals surface area contributed by atoms with Crippen LogP contribution < -0.4 is 9.62 Å². The molecule has 0 radical (unpaired) electrons. The van der Waals surface area contributed by atoms with Crippen molar-refractivity contribution in [1.29, 1.82) is 0 Å². The van der Waals surface area contributed by atoms with Crippen molar-refractivity contribution in [2.24, 2.45) is 0 Å². The number of nitrogens with zero attached hydrogens (tertiary/aromatic N) is 1. The lowest BCUT2D eigenvalue weighted by atomic mass is 10.1. The highest BCUT2D eigenvalue weighted by atomic mass is 32.2. The lowest BCUT2D eigenvalue weighted by Gasteiger charge is -2.16. The van der Waals surface area contributed by atoms with E-state index >= 15 is 0 Å². The van der Waals surface area contributed by atoms with Gasteiger partial charge in [0.1, 0.15) is 0 Å². The van der Waals surface area contributed by atoms with Gasteiger partial charge in [-0.3, -0.25) is 9.10 Å². The SMILES string of the molecule is Cc1ccc(CCCNC(=O)c2ccc(N(C)S(C)(=O)=O)cc2)cc1. The van der Waals surface area contributed by atoms with Crippen molar-refractivity contribution in [2.45, 2.75) is 19.8 Å². The third-order valence-corrected chi connectivity index (χ3v) is 5.24. The normalized spacial score (nSPS) is 11.2. The number of nitrogens with one attached hydrogen (secondary N) is 1. The van der Waals surface area contributed by atoms with Crippen LogP contribution in [0, 0.1) is 6.92 Å². The highest BCUT2D eigenvalue weighted by molar-refractivity contribution is 7.92. The molecule has 6 heteroatoms. The Morgan fingerprint density at radius 1 is 1.04 bits per heavy atom. The number of carbonyl (C=O) groups is 1. The standard InChI is InChI=1S/C19H24N2O3S/c1-15-6-8-16(9-7-15)5-4-14-20-19(22)17-10-12-18(13-11-17)21(2)25(3,23)24/h6-13H,4-5,14H2,1-3H3,(H,20,22). The Balaban J connectivity index is 1.83. The van der Waals surface area contributed by atoms with E-state index in [1.807, 2.05) is 0 Å². The summed E-state index contributed by atoms with van der Waals surface area (Å²) in [4.78, 5) is 12.1. The highest BCUT2D eigenvalue weighted by Gasteiger charge is 2.12. The number of sulfonamides is 1. The summed E-state index contributed by atoms with van der Waals surface area (Å²) in [5, 5.41) is 2.89. The monoisotopic (exact) mass is 360 g/mol. The molecule has 0 atom stereocenters. The third-order valence-electron chi connectivity index (χ3n) is 4.04. The summed E-state index contributed by atoms with van der Waals surface area (Å²) in [6.45, 7) is 2.65. The number of hydrogen-bond donors (Lipinski definition) is 1. The smallest absolute Gasteiger partial charge is 0.251 e. The molecule has 2 rings (SSSR count). The number of amides is 1. The average molecular weight is 360 g/mol. The average Bonchev–Trinajstić information content (AvgIpc) is 2.58. The maximum absolute atomic E-state index is 12.1. The zero-order valence-corrected chi connectivity index (χ0v) is 15.6. The highest BCUT2D eigenvalue weighted by Crippen LogP contribution is 2.16. The van der Waals surface area contributed by atoms with E-state index in [2.05, 4.69) is 36.5 Å². The summed E-state index contributed by atoms with van der Waals surface area (Å²) in [5.74, 6) is -0.155. The molecule has 0 aliphatic carbocycles. The molecule has 0 fully saturated rings. The molecule has 0 heterocycles. The van der Waals surface area contributed by atoms with E-state index in [4.69, 9.17) is 0 Å². The lowest BCUT2D eigenvalue weighted by Crippen LogP contribution is -2.26. The van der Waals surface area contributed by atoms with Crippen LogP contribution in [0.2, 0.25) is 0 Å². The largest absolute Gasteiger partial charge is 0.352 e. The van der Waals surface area contributed by atoms with E-state index in [0.717, 1.165) is 19.1 Å². The molecule has 0 aromatic heterocycles. The van der Waals surface area contributed by atoms with Crippen molar-refractivity contribution < 1.29 is 13.2 Å². The summed E-state index contributed by atoms with van der Waals surface area (Å²) in [7, 11) is -1.82. The zero-order chi connectivity index (χ0) is 18.4. The minimum absolute atomic E-state index is 0.155. The van der Waals surface area contributed by atoms with Gasteiger partial charge in [-0.2, -0.15) is 0 Å². The Morgan fingerprint density at radius 2 is 1.64 bits per heavy atom. The van der Waals surface area contributed by atoms with Crippen LogP contribution in [0.3, 0.4) is 0 Å². The number of hydrogen-bond acceptors (Lipinski definition) is 3. The molecule has 0 aliphatic heterocycles. The minimum Gasteiger partial charge on any atom is -0.352 e. The van der Waals surface area contributed by atoms with Crippen LogP contribution in [0.1, 0.15) is 27.9 Å². The van der Waals surface area contributed by atoms with Gasteiger partial charge in [0, 0.05) is 19.2 Å². The number of rotatable bonds is 7. The first-order valence-corrected chi connectivity index (χ1v) is 10.00. The van der Waals surface area contributed by atoms with Gasteiger partial charge in [-0.15, -0.1) is 0 Å². The van der Waals surface area contributed by atoms with E-state index in [-0.39, 0.29) is 5.91 Å². The van der Waals surface area contributed by atoms with Crippen molar-refractivity contribution >= 4 is 21.6 Å². The summed E-state index contributed by atoms with van der Waals surface area (Å²) < 4.78 is 24.2. The molecule has 0 aliphatic rings. The van der Waals surface area contributed by atoms with Gasteiger partial charge in [0.15, 0.2) is 0 Å². The molecule has 0 spiro atoms. The van der Waals surface area contributed by atoms with Gasteiger partial charge >= 0.3 is 0 Å². The van der Waals surface area contributed by atoms with Gasteiger partial charge < -0.3 is 5.32 Å². The number of anilines is 1. The Labute approximate surface area is 149 Å². The molecule has 134 valence electrons. The molecule has 2 aromatic carbocycles. The van der Waals surface area contributed by atoms with Gasteiger partial charge in [-0.05, 0) is 49.6 Å². The molecule has 0 saturated heterocycles. The van der Waals surface area contributed by atoms with Crippen LogP contribution in [0.4, 0.5) is 5.69 Å². The first-order valence-electron chi connectivity index (χ1n) is 8.15. The molecule has 0 saturated carbocycles. The molecule has 0 bridgehead atoms. The molecule has 1 amide bonds. The maximum atomic E-state index is 12.1. The second kappa shape index (κ2) is 8.16. The van der Waals surface area contributed by atoms with Gasteiger partial charge in [0.2, 0.25) is 10.0 Å². The van der Waals surface area contributed by atoms with E-state index in [1.165, 1.54) is 22.5 Å². The van der Waals surface area contributed by atoms with Crippen LogP contribution in [-0.4, -0.2) is 34.2 Å². The van der Waals surface area contributed by atoms with E-state index in [9.17, 15) is 13.2 Å². The third kappa shape index (κ3) is 5.60. The predicted molar refractivity (Wildman–Crippen MR) is 102 cm³/mol. The summed E-state index contributed by atoms with van der Waals surface area (Å²) in [6.07, 6.45) is 2.92. The predicted octanol–water partition coefficient (Wildman–Crippen LogP) is 2.75. The van der Waals surface area contributed by atoms with Crippen LogP contribution in [0.5, 0.6) is 0 Å². The quantitative estimate of drug-likeness (QED) is 0.772. The second-order valence-corrected chi connectivity index (χ2v) is 8.14. The molecular formula is C19H24N2O3S. The van der Waals surface area contributed by atoms with Crippen molar-refractivity contribution in [1.82, 2.24) is 5.32 Å². The Morgan fingerprint density at radius 3 is 2.20 bits per heavy atom. The summed E-state index contributed by atoms with van der Waals surface area (Å²) in [5.41, 5.74) is 3.54. The van der Waals surface area contributed by atoms with Crippen molar-refractivity contribution in [3.8, 4) is 0 Å². The summed E-state index contributed by atoms with van der Waals surface area (Å²) in [6, 6.07) is 14.9. The molecule has 2 aromatic rings. The molecular weight excluding hydrogens is 336 g/mol. The zero-order valence-electron chi connectivity index (χ0n) is 14.8. The number of benzene rings is 2. The van der Waals surface area contributed by atoms with Gasteiger partial charge in [-0.25, -0.2) is 8.42 Å². The molecule has 1 N–H and O–H groups in total. The fourth-order valence-electron chi connectivity index (χ4n) is 2.37. The number of aryl methyl sites for hydroxylation is 2. The summed E-state index contributed by atoms with van der Waals surface area (Å²) >= 11 is 0. The molecule has 5 nitrogen and oxygen atoms in total. The second-order valence-electron chi connectivity index (χ2n) is 6.12. The van der Waals surface area contributed by atoms with E-state index in [0.29, 0.717) is 17.8 Å². The van der Waals surface area contributed by atoms with Gasteiger partial charge in [0.25, 0.3) is 5.91 Å². The lowest BCUT2D eigenvalue weighted by molar-refractivity contribution is 0.0953. The first kappa shape index (κ1) is 19.0. The van der Waals surface area contributed by atoms with Crippen LogP contribution in [0.15, 0.2) is 48.5 Å². The number of carbonyl (C=O) groups excluding carboxylic acids is 1. The fourth-order valence-corrected chi connectivity index (χ4v) is 2.87. The topological polar surface area (TPSA) is 66.5 Å². The first-order chi connectivity index (χ1) is 11.8. The van der Waals surface area contributed by atoms with Gasteiger partial charge in [-0.1, -0.05) is 29.8 Å².